The third-order valence-corrected chi connectivity index (χ3v) is 5.66. The molecular formula is C28H24N2O2. The number of carbonyl (C=O) groups excluding carboxylic acids is 1. The summed E-state index contributed by atoms with van der Waals surface area (Å²) in [5.41, 5.74) is 4.78. The first-order valence-corrected chi connectivity index (χ1v) is 10.7. The number of nitrogens with zero attached hydrogens (tertiary/aromatic N) is 1. The Kier molecular flexibility index (Phi) is 5.58. The van der Waals surface area contributed by atoms with E-state index in [2.05, 4.69) is 5.32 Å². The van der Waals surface area contributed by atoms with Gasteiger partial charge in [0.05, 0.1) is 5.56 Å². The van der Waals surface area contributed by atoms with Gasteiger partial charge in [0.25, 0.3) is 5.91 Å². The second kappa shape index (κ2) is 8.98. The van der Waals surface area contributed by atoms with Crippen LogP contribution in [0.15, 0.2) is 109 Å². The van der Waals surface area contributed by atoms with Gasteiger partial charge >= 0.3 is 0 Å². The summed E-state index contributed by atoms with van der Waals surface area (Å²) < 4.78 is 5.93. The SMILES string of the molecule is O=C1c2ccccc2NC(c2ccc(OCc3ccccc3)cc2)N1Cc1ccccc1. The minimum atomic E-state index is -0.263. The van der Waals surface area contributed by atoms with E-state index in [0.717, 1.165) is 28.1 Å². The van der Waals surface area contributed by atoms with Crippen LogP contribution >= 0.6 is 0 Å². The minimum Gasteiger partial charge on any atom is -0.489 e. The molecule has 4 heteroatoms. The molecule has 4 aromatic carbocycles. The van der Waals surface area contributed by atoms with Crippen molar-refractivity contribution in [3.8, 4) is 5.75 Å². The lowest BCUT2D eigenvalue weighted by molar-refractivity contribution is 0.0666. The molecule has 1 unspecified atom stereocenters. The lowest BCUT2D eigenvalue weighted by atomic mass is 10.0. The lowest BCUT2D eigenvalue weighted by Crippen LogP contribution is -2.42. The molecule has 5 rings (SSSR count). The van der Waals surface area contributed by atoms with Gasteiger partial charge in [0.15, 0.2) is 0 Å². The molecule has 1 aliphatic heterocycles. The number of hydrogen-bond donors (Lipinski definition) is 1. The second-order valence-electron chi connectivity index (χ2n) is 7.85. The number of para-hydroxylation sites is 1. The Morgan fingerprint density at radius 3 is 2.06 bits per heavy atom. The number of benzene rings is 4. The molecule has 158 valence electrons. The van der Waals surface area contributed by atoms with Gasteiger partial charge in [0.1, 0.15) is 18.5 Å². The lowest BCUT2D eigenvalue weighted by Gasteiger charge is -2.38. The molecule has 0 saturated carbocycles. The van der Waals surface area contributed by atoms with Crippen LogP contribution < -0.4 is 10.1 Å². The van der Waals surface area contributed by atoms with E-state index < -0.39 is 0 Å². The third kappa shape index (κ3) is 4.21. The van der Waals surface area contributed by atoms with Gasteiger partial charge in [0, 0.05) is 12.2 Å². The molecule has 0 radical (unpaired) electrons. The molecule has 1 aliphatic rings. The zero-order valence-corrected chi connectivity index (χ0v) is 17.6. The first-order chi connectivity index (χ1) is 15.8. The summed E-state index contributed by atoms with van der Waals surface area (Å²) in [5, 5.41) is 3.56. The summed E-state index contributed by atoms with van der Waals surface area (Å²) >= 11 is 0. The van der Waals surface area contributed by atoms with Crippen molar-refractivity contribution in [1.82, 2.24) is 4.90 Å². The van der Waals surface area contributed by atoms with Gasteiger partial charge in [-0.1, -0.05) is 84.9 Å². The van der Waals surface area contributed by atoms with Crippen LogP contribution in [0.2, 0.25) is 0 Å². The summed E-state index contributed by atoms with van der Waals surface area (Å²) in [4.78, 5) is 15.3. The van der Waals surface area contributed by atoms with Crippen LogP contribution in [-0.2, 0) is 13.2 Å². The monoisotopic (exact) mass is 420 g/mol. The highest BCUT2D eigenvalue weighted by atomic mass is 16.5. The van der Waals surface area contributed by atoms with Gasteiger partial charge in [-0.15, -0.1) is 0 Å². The fraction of sp³-hybridized carbons (Fsp3) is 0.107. The number of amides is 1. The topological polar surface area (TPSA) is 41.6 Å². The number of rotatable bonds is 6. The van der Waals surface area contributed by atoms with E-state index in [1.54, 1.807) is 0 Å². The fourth-order valence-electron chi connectivity index (χ4n) is 3.99. The predicted molar refractivity (Wildman–Crippen MR) is 126 cm³/mol. The van der Waals surface area contributed by atoms with Crippen molar-refractivity contribution in [2.75, 3.05) is 5.32 Å². The van der Waals surface area contributed by atoms with Crippen molar-refractivity contribution in [1.29, 1.82) is 0 Å². The fourth-order valence-corrected chi connectivity index (χ4v) is 3.99. The summed E-state index contributed by atoms with van der Waals surface area (Å²) in [5.74, 6) is 0.826. The van der Waals surface area contributed by atoms with E-state index in [0.29, 0.717) is 18.7 Å². The van der Waals surface area contributed by atoms with Gasteiger partial charge in [-0.2, -0.15) is 0 Å². The highest BCUT2D eigenvalue weighted by Crippen LogP contribution is 2.34. The molecule has 0 aromatic heterocycles. The Balaban J connectivity index is 1.40. The van der Waals surface area contributed by atoms with E-state index in [1.165, 1.54) is 0 Å². The normalized spacial score (nSPS) is 15.1. The van der Waals surface area contributed by atoms with E-state index in [4.69, 9.17) is 4.74 Å². The zero-order valence-electron chi connectivity index (χ0n) is 17.6. The smallest absolute Gasteiger partial charge is 0.258 e. The average molecular weight is 421 g/mol. The molecule has 4 nitrogen and oxygen atoms in total. The van der Waals surface area contributed by atoms with Gasteiger partial charge in [-0.25, -0.2) is 0 Å². The van der Waals surface area contributed by atoms with Crippen LogP contribution in [0.1, 0.15) is 33.2 Å². The summed E-state index contributed by atoms with van der Waals surface area (Å²) in [6.07, 6.45) is -0.263. The van der Waals surface area contributed by atoms with Crippen molar-refractivity contribution in [2.24, 2.45) is 0 Å². The highest BCUT2D eigenvalue weighted by Gasteiger charge is 2.32. The molecule has 1 N–H and O–H groups in total. The highest BCUT2D eigenvalue weighted by molar-refractivity contribution is 6.01. The molecular weight excluding hydrogens is 396 g/mol. The van der Waals surface area contributed by atoms with Crippen molar-refractivity contribution in [3.05, 3.63) is 131 Å². The van der Waals surface area contributed by atoms with Gasteiger partial charge in [-0.05, 0) is 41.0 Å². The Morgan fingerprint density at radius 1 is 0.719 bits per heavy atom. The molecule has 0 aliphatic carbocycles. The second-order valence-corrected chi connectivity index (χ2v) is 7.85. The van der Waals surface area contributed by atoms with Gasteiger partial charge in [-0.3, -0.25) is 4.79 Å². The van der Waals surface area contributed by atoms with Crippen LogP contribution in [-0.4, -0.2) is 10.8 Å². The molecule has 1 atom stereocenters. The Bertz CT molecular complexity index is 1190. The number of anilines is 1. The predicted octanol–water partition coefficient (Wildman–Crippen LogP) is 6.03. The third-order valence-electron chi connectivity index (χ3n) is 5.66. The van der Waals surface area contributed by atoms with Crippen LogP contribution in [0.25, 0.3) is 0 Å². The number of carbonyl (C=O) groups is 1. The van der Waals surface area contributed by atoms with E-state index in [9.17, 15) is 4.79 Å². The standard InChI is InChI=1S/C28H24N2O2/c31-28-25-13-7-8-14-26(25)29-27(30(28)19-21-9-3-1-4-10-21)23-15-17-24(18-16-23)32-20-22-11-5-2-6-12-22/h1-18,27,29H,19-20H2. The van der Waals surface area contributed by atoms with E-state index in [-0.39, 0.29) is 12.1 Å². The molecule has 0 saturated heterocycles. The Labute approximate surface area is 188 Å². The first-order valence-electron chi connectivity index (χ1n) is 10.7. The summed E-state index contributed by atoms with van der Waals surface area (Å²) in [6, 6.07) is 35.8. The van der Waals surface area contributed by atoms with E-state index in [1.807, 2.05) is 114 Å². The molecule has 1 heterocycles. The maximum absolute atomic E-state index is 13.4. The van der Waals surface area contributed by atoms with Crippen LogP contribution in [0.4, 0.5) is 5.69 Å². The number of hydrogen-bond acceptors (Lipinski definition) is 3. The van der Waals surface area contributed by atoms with Gasteiger partial charge < -0.3 is 15.0 Å². The first kappa shape index (κ1) is 19.9. The van der Waals surface area contributed by atoms with Gasteiger partial charge in [0.2, 0.25) is 0 Å². The van der Waals surface area contributed by atoms with Crippen LogP contribution in [0, 0.1) is 0 Å². The number of fused-ring (bicyclic) bond motifs is 1. The number of ether oxygens (including phenoxy) is 1. The molecule has 4 aromatic rings. The quantitative estimate of drug-likeness (QED) is 0.414. The molecule has 0 spiro atoms. The average Bonchev–Trinajstić information content (AvgIpc) is 2.86. The molecule has 0 bridgehead atoms. The maximum atomic E-state index is 13.4. The molecule has 0 fully saturated rings. The van der Waals surface area contributed by atoms with Crippen molar-refractivity contribution < 1.29 is 9.53 Å². The molecule has 1 amide bonds. The van der Waals surface area contributed by atoms with E-state index >= 15 is 0 Å². The van der Waals surface area contributed by atoms with Crippen molar-refractivity contribution in [2.45, 2.75) is 19.3 Å². The van der Waals surface area contributed by atoms with Crippen molar-refractivity contribution in [3.63, 3.8) is 0 Å². The zero-order chi connectivity index (χ0) is 21.8. The van der Waals surface area contributed by atoms with Crippen molar-refractivity contribution >= 4 is 11.6 Å². The molecule has 32 heavy (non-hydrogen) atoms. The summed E-state index contributed by atoms with van der Waals surface area (Å²) in [6.45, 7) is 1.05. The van der Waals surface area contributed by atoms with Crippen LogP contribution in [0.5, 0.6) is 5.75 Å². The Hall–Kier alpha value is -4.05. The maximum Gasteiger partial charge on any atom is 0.258 e. The Morgan fingerprint density at radius 2 is 1.34 bits per heavy atom. The minimum absolute atomic E-state index is 0.0256. The summed E-state index contributed by atoms with van der Waals surface area (Å²) in [7, 11) is 0. The number of nitrogens with one attached hydrogen (secondary N) is 1. The largest absolute Gasteiger partial charge is 0.489 e. The van der Waals surface area contributed by atoms with Crippen LogP contribution in [0.3, 0.4) is 0 Å².